The summed E-state index contributed by atoms with van der Waals surface area (Å²) in [6.07, 6.45) is 0. The Morgan fingerprint density at radius 1 is 1.27 bits per heavy atom. The van der Waals surface area contributed by atoms with Crippen molar-refractivity contribution in [2.45, 2.75) is 6.92 Å². The van der Waals surface area contributed by atoms with Gasteiger partial charge in [0.25, 0.3) is 11.6 Å². The van der Waals surface area contributed by atoms with E-state index in [1.54, 1.807) is 32.2 Å². The lowest BCUT2D eigenvalue weighted by Gasteiger charge is -2.09. The molecule has 6 nitrogen and oxygen atoms in total. The van der Waals surface area contributed by atoms with Crippen molar-refractivity contribution >= 4 is 39.9 Å². The molecule has 0 heterocycles. The Hall–Kier alpha value is -2.16. The number of hydrogen-bond acceptors (Lipinski definition) is 4. The highest BCUT2D eigenvalue weighted by Gasteiger charge is 2.12. The summed E-state index contributed by atoms with van der Waals surface area (Å²) in [5.74, 6) is 0.418. The van der Waals surface area contributed by atoms with Crippen molar-refractivity contribution in [3.63, 3.8) is 0 Å². The van der Waals surface area contributed by atoms with E-state index in [2.05, 4.69) is 27.9 Å². The fourth-order valence-electron chi connectivity index (χ4n) is 1.90. The van der Waals surface area contributed by atoms with Gasteiger partial charge in [-0.1, -0.05) is 0 Å². The molecule has 0 spiro atoms. The van der Waals surface area contributed by atoms with Gasteiger partial charge in [-0.25, -0.2) is 0 Å². The van der Waals surface area contributed by atoms with Gasteiger partial charge >= 0.3 is 0 Å². The molecule has 2 aromatic rings. The zero-order valence-electron chi connectivity index (χ0n) is 11.9. The summed E-state index contributed by atoms with van der Waals surface area (Å²) in [4.78, 5) is 22.5. The molecule has 0 aliphatic heterocycles. The van der Waals surface area contributed by atoms with Gasteiger partial charge in [0.1, 0.15) is 5.75 Å². The summed E-state index contributed by atoms with van der Waals surface area (Å²) in [6, 6.07) is 9.42. The molecule has 0 saturated carbocycles. The van der Waals surface area contributed by atoms with Gasteiger partial charge in [0.15, 0.2) is 0 Å². The van der Waals surface area contributed by atoms with Gasteiger partial charge in [0.05, 0.1) is 15.6 Å². The molecule has 0 aromatic heterocycles. The van der Waals surface area contributed by atoms with Gasteiger partial charge in [-0.3, -0.25) is 14.9 Å². The van der Waals surface area contributed by atoms with Crippen LogP contribution < -0.4 is 10.1 Å². The van der Waals surface area contributed by atoms with Crippen molar-refractivity contribution in [1.29, 1.82) is 0 Å². The molecule has 1 amide bonds. The number of anilines is 1. The summed E-state index contributed by atoms with van der Waals surface area (Å²) >= 11 is 2.09. The molecular formula is C15H13IN2O4. The molecule has 2 aromatic carbocycles. The molecule has 0 atom stereocenters. The molecule has 0 fully saturated rings. The van der Waals surface area contributed by atoms with E-state index in [0.29, 0.717) is 22.6 Å². The Labute approximate surface area is 140 Å². The molecule has 0 aliphatic rings. The number of hydrogen-bond donors (Lipinski definition) is 1. The maximum absolute atomic E-state index is 12.2. The number of halogens is 1. The van der Waals surface area contributed by atoms with E-state index in [-0.39, 0.29) is 11.6 Å². The minimum Gasteiger partial charge on any atom is -0.496 e. The van der Waals surface area contributed by atoms with E-state index in [9.17, 15) is 14.9 Å². The number of ether oxygens (including phenoxy) is 1. The minimum atomic E-state index is -0.468. The maximum Gasteiger partial charge on any atom is 0.269 e. The molecular weight excluding hydrogens is 399 g/mol. The standard InChI is InChI=1S/C15H13IN2O4/c1-9-7-11(18(20)21)4-5-13(9)17-15(19)10-3-6-14(22-2)12(16)8-10/h3-8H,1-2H3,(H,17,19). The fourth-order valence-corrected chi connectivity index (χ4v) is 2.64. The summed E-state index contributed by atoms with van der Waals surface area (Å²) in [5.41, 5.74) is 1.66. The number of nitrogens with zero attached hydrogens (tertiary/aromatic N) is 1. The van der Waals surface area contributed by atoms with Gasteiger partial charge in [0.2, 0.25) is 0 Å². The average molecular weight is 412 g/mol. The third-order valence-corrected chi connectivity index (χ3v) is 3.93. The molecule has 0 unspecified atom stereocenters. The third kappa shape index (κ3) is 3.53. The van der Waals surface area contributed by atoms with E-state index in [1.807, 2.05) is 0 Å². The summed E-state index contributed by atoms with van der Waals surface area (Å²) in [7, 11) is 1.57. The highest BCUT2D eigenvalue weighted by Crippen LogP contribution is 2.24. The highest BCUT2D eigenvalue weighted by atomic mass is 127. The van der Waals surface area contributed by atoms with Crippen molar-refractivity contribution in [2.24, 2.45) is 0 Å². The Kier molecular flexibility index (Phi) is 4.96. The van der Waals surface area contributed by atoms with Crippen LogP contribution >= 0.6 is 22.6 Å². The molecule has 7 heteroatoms. The summed E-state index contributed by atoms with van der Waals surface area (Å²) in [6.45, 7) is 1.71. The van der Waals surface area contributed by atoms with E-state index < -0.39 is 4.92 Å². The quantitative estimate of drug-likeness (QED) is 0.471. The lowest BCUT2D eigenvalue weighted by Crippen LogP contribution is -2.13. The van der Waals surface area contributed by atoms with Crippen LogP contribution in [0.4, 0.5) is 11.4 Å². The lowest BCUT2D eigenvalue weighted by atomic mass is 10.1. The Morgan fingerprint density at radius 2 is 2.00 bits per heavy atom. The number of rotatable bonds is 4. The van der Waals surface area contributed by atoms with E-state index >= 15 is 0 Å². The summed E-state index contributed by atoms with van der Waals surface area (Å²) < 4.78 is 5.98. The van der Waals surface area contributed by atoms with Crippen molar-refractivity contribution in [2.75, 3.05) is 12.4 Å². The van der Waals surface area contributed by atoms with E-state index in [4.69, 9.17) is 4.74 Å². The first-order chi connectivity index (χ1) is 10.4. The van der Waals surface area contributed by atoms with Crippen molar-refractivity contribution in [3.8, 4) is 5.75 Å². The number of nitro groups is 1. The molecule has 114 valence electrons. The van der Waals surface area contributed by atoms with Crippen LogP contribution in [0, 0.1) is 20.6 Å². The van der Waals surface area contributed by atoms with Gasteiger partial charge in [0, 0.05) is 23.4 Å². The zero-order valence-corrected chi connectivity index (χ0v) is 14.1. The molecule has 1 N–H and O–H groups in total. The van der Waals surface area contributed by atoms with Crippen LogP contribution in [-0.4, -0.2) is 17.9 Å². The number of nitro benzene ring substituents is 1. The second kappa shape index (κ2) is 6.73. The monoisotopic (exact) mass is 412 g/mol. The second-order valence-corrected chi connectivity index (χ2v) is 5.72. The first-order valence-corrected chi connectivity index (χ1v) is 7.40. The van der Waals surface area contributed by atoms with Crippen LogP contribution in [0.3, 0.4) is 0 Å². The molecule has 0 aliphatic carbocycles. The lowest BCUT2D eigenvalue weighted by molar-refractivity contribution is -0.384. The average Bonchev–Trinajstić information content (AvgIpc) is 2.48. The second-order valence-electron chi connectivity index (χ2n) is 4.56. The Morgan fingerprint density at radius 3 is 2.55 bits per heavy atom. The van der Waals surface area contributed by atoms with Crippen molar-refractivity contribution in [3.05, 3.63) is 61.2 Å². The fraction of sp³-hybridized carbons (Fsp3) is 0.133. The van der Waals surface area contributed by atoms with E-state index in [1.165, 1.54) is 18.2 Å². The van der Waals surface area contributed by atoms with Crippen LogP contribution in [0.1, 0.15) is 15.9 Å². The van der Waals surface area contributed by atoms with Gasteiger partial charge in [-0.2, -0.15) is 0 Å². The van der Waals surface area contributed by atoms with Crippen LogP contribution in [0.2, 0.25) is 0 Å². The normalized spacial score (nSPS) is 10.1. The first-order valence-electron chi connectivity index (χ1n) is 6.32. The van der Waals surface area contributed by atoms with Crippen molar-refractivity contribution in [1.82, 2.24) is 0 Å². The molecule has 0 bridgehead atoms. The van der Waals surface area contributed by atoms with Crippen LogP contribution in [0.15, 0.2) is 36.4 Å². The van der Waals surface area contributed by atoms with Crippen molar-refractivity contribution < 1.29 is 14.5 Å². The SMILES string of the molecule is COc1ccc(C(=O)Nc2ccc([N+](=O)[O-])cc2C)cc1I. The van der Waals surface area contributed by atoms with Crippen LogP contribution in [-0.2, 0) is 0 Å². The van der Waals surface area contributed by atoms with Gasteiger partial charge < -0.3 is 10.1 Å². The molecule has 0 saturated heterocycles. The summed E-state index contributed by atoms with van der Waals surface area (Å²) in [5, 5.41) is 13.5. The van der Waals surface area contributed by atoms with E-state index in [0.717, 1.165) is 3.57 Å². The number of nitrogens with one attached hydrogen (secondary N) is 1. The number of benzene rings is 2. The largest absolute Gasteiger partial charge is 0.496 e. The maximum atomic E-state index is 12.2. The zero-order chi connectivity index (χ0) is 16.3. The molecule has 0 radical (unpaired) electrons. The highest BCUT2D eigenvalue weighted by molar-refractivity contribution is 14.1. The van der Waals surface area contributed by atoms with Crippen LogP contribution in [0.5, 0.6) is 5.75 Å². The Bertz CT molecular complexity index is 746. The number of carbonyl (C=O) groups is 1. The predicted octanol–water partition coefficient (Wildman–Crippen LogP) is 3.77. The number of amides is 1. The van der Waals surface area contributed by atoms with Gasteiger partial charge in [-0.05, 0) is 59.3 Å². The first kappa shape index (κ1) is 16.2. The smallest absolute Gasteiger partial charge is 0.269 e. The predicted molar refractivity (Wildman–Crippen MR) is 91.5 cm³/mol. The third-order valence-electron chi connectivity index (χ3n) is 3.08. The number of non-ortho nitro benzene ring substituents is 1. The number of carbonyl (C=O) groups excluding carboxylic acids is 1. The van der Waals surface area contributed by atoms with Crippen LogP contribution in [0.25, 0.3) is 0 Å². The molecule has 22 heavy (non-hydrogen) atoms. The van der Waals surface area contributed by atoms with Gasteiger partial charge in [-0.15, -0.1) is 0 Å². The molecule has 2 rings (SSSR count). The Balaban J connectivity index is 2.22. The number of aryl methyl sites for hydroxylation is 1. The minimum absolute atomic E-state index is 0.00510. The topological polar surface area (TPSA) is 81.5 Å². The number of methoxy groups -OCH3 is 1.